The molecular weight excluding hydrogens is 358 g/mol. The van der Waals surface area contributed by atoms with Gasteiger partial charge < -0.3 is 4.57 Å². The van der Waals surface area contributed by atoms with Crippen molar-refractivity contribution in [1.82, 2.24) is 9.99 Å². The number of carbonyl (C=O) groups is 1. The van der Waals surface area contributed by atoms with Crippen LogP contribution < -0.4 is 5.43 Å². The smallest absolute Gasteiger partial charge is 0.244 e. The number of aromatic nitrogens is 1. The van der Waals surface area contributed by atoms with Crippen molar-refractivity contribution in [2.75, 3.05) is 0 Å². The SMILES string of the molecule is C#CCn1c(C)c(/C=N\NC(=O)Cc2ccc(C(C)(C)C)cc2)c2ccccc21. The first-order valence-electron chi connectivity index (χ1n) is 9.74. The standard InChI is InChI=1S/C25H27N3O/c1-6-15-28-18(2)22(21-9-7-8-10-23(21)28)17-26-27-24(29)16-19-11-13-20(14-12-19)25(3,4)5/h1,7-14,17H,15-16H2,2-5H3,(H,27,29)/b26-17-. The zero-order valence-electron chi connectivity index (χ0n) is 17.5. The number of carbonyl (C=O) groups excluding carboxylic acids is 1. The van der Waals surface area contributed by atoms with Crippen LogP contribution in [0.1, 0.15) is 43.2 Å². The van der Waals surface area contributed by atoms with Gasteiger partial charge in [-0.25, -0.2) is 5.43 Å². The van der Waals surface area contributed by atoms with E-state index >= 15 is 0 Å². The lowest BCUT2D eigenvalue weighted by molar-refractivity contribution is -0.120. The van der Waals surface area contributed by atoms with E-state index in [1.54, 1.807) is 6.21 Å². The molecule has 0 unspecified atom stereocenters. The highest BCUT2D eigenvalue weighted by Crippen LogP contribution is 2.24. The lowest BCUT2D eigenvalue weighted by atomic mass is 9.86. The molecule has 0 saturated carbocycles. The summed E-state index contributed by atoms with van der Waals surface area (Å²) in [5, 5.41) is 5.26. The van der Waals surface area contributed by atoms with Crippen molar-refractivity contribution in [1.29, 1.82) is 0 Å². The van der Waals surface area contributed by atoms with Gasteiger partial charge in [0, 0.05) is 22.2 Å². The number of benzene rings is 2. The van der Waals surface area contributed by atoms with E-state index in [2.05, 4.69) is 53.9 Å². The lowest BCUT2D eigenvalue weighted by Crippen LogP contribution is -2.20. The number of hydrogen-bond donors (Lipinski definition) is 1. The second kappa shape index (κ2) is 8.36. The number of terminal acetylenes is 1. The van der Waals surface area contributed by atoms with Gasteiger partial charge in [0.05, 0.1) is 19.2 Å². The highest BCUT2D eigenvalue weighted by atomic mass is 16.2. The molecule has 0 atom stereocenters. The number of rotatable bonds is 5. The van der Waals surface area contributed by atoms with Crippen molar-refractivity contribution < 1.29 is 4.79 Å². The summed E-state index contributed by atoms with van der Waals surface area (Å²) in [4.78, 5) is 12.3. The van der Waals surface area contributed by atoms with E-state index in [-0.39, 0.29) is 11.3 Å². The van der Waals surface area contributed by atoms with E-state index < -0.39 is 0 Å². The molecule has 0 aliphatic rings. The van der Waals surface area contributed by atoms with E-state index in [1.165, 1.54) is 5.56 Å². The van der Waals surface area contributed by atoms with Gasteiger partial charge in [-0.15, -0.1) is 6.42 Å². The molecular formula is C25H27N3O. The molecule has 0 saturated heterocycles. The van der Waals surface area contributed by atoms with Gasteiger partial charge >= 0.3 is 0 Å². The molecule has 148 valence electrons. The molecule has 1 aromatic heterocycles. The van der Waals surface area contributed by atoms with Crippen molar-refractivity contribution in [2.24, 2.45) is 5.10 Å². The minimum atomic E-state index is -0.144. The minimum absolute atomic E-state index is 0.0988. The van der Waals surface area contributed by atoms with Crippen LogP contribution in [0.5, 0.6) is 0 Å². The van der Waals surface area contributed by atoms with Crippen LogP contribution in [0.15, 0.2) is 53.6 Å². The number of hydrogen-bond acceptors (Lipinski definition) is 2. The largest absolute Gasteiger partial charge is 0.333 e. The van der Waals surface area contributed by atoms with Crippen LogP contribution in [0.3, 0.4) is 0 Å². The molecule has 0 bridgehead atoms. The van der Waals surface area contributed by atoms with Crippen LogP contribution in [0.25, 0.3) is 10.9 Å². The van der Waals surface area contributed by atoms with Gasteiger partial charge in [-0.05, 0) is 29.5 Å². The Kier molecular flexibility index (Phi) is 5.89. The summed E-state index contributed by atoms with van der Waals surface area (Å²) in [6.45, 7) is 9.03. The molecule has 0 aliphatic heterocycles. The average Bonchev–Trinajstić information content (AvgIpc) is 2.94. The van der Waals surface area contributed by atoms with E-state index in [0.29, 0.717) is 13.0 Å². The quantitative estimate of drug-likeness (QED) is 0.390. The summed E-state index contributed by atoms with van der Waals surface area (Å²) in [6.07, 6.45) is 7.51. The van der Waals surface area contributed by atoms with Crippen molar-refractivity contribution in [2.45, 2.75) is 46.1 Å². The summed E-state index contributed by atoms with van der Waals surface area (Å²) in [6, 6.07) is 16.2. The first-order valence-corrected chi connectivity index (χ1v) is 9.74. The van der Waals surface area contributed by atoms with Gasteiger partial charge in [0.1, 0.15) is 0 Å². The van der Waals surface area contributed by atoms with Crippen LogP contribution in [0, 0.1) is 19.3 Å². The third-order valence-corrected chi connectivity index (χ3v) is 5.10. The maximum Gasteiger partial charge on any atom is 0.244 e. The maximum atomic E-state index is 12.3. The molecule has 0 radical (unpaired) electrons. The number of nitrogens with one attached hydrogen (secondary N) is 1. The summed E-state index contributed by atoms with van der Waals surface area (Å²) >= 11 is 0. The average molecular weight is 386 g/mol. The van der Waals surface area contributed by atoms with Crippen LogP contribution in [-0.4, -0.2) is 16.7 Å². The zero-order chi connectivity index (χ0) is 21.0. The fraction of sp³-hybridized carbons (Fsp3) is 0.280. The minimum Gasteiger partial charge on any atom is -0.333 e. The normalized spacial score (nSPS) is 11.7. The van der Waals surface area contributed by atoms with Crippen LogP contribution >= 0.6 is 0 Å². The third-order valence-electron chi connectivity index (χ3n) is 5.10. The van der Waals surface area contributed by atoms with E-state index in [9.17, 15) is 4.79 Å². The Bertz CT molecular complexity index is 1090. The van der Waals surface area contributed by atoms with E-state index in [1.807, 2.05) is 43.3 Å². The van der Waals surface area contributed by atoms with Crippen molar-refractivity contribution in [3.05, 3.63) is 70.9 Å². The second-order valence-electron chi connectivity index (χ2n) is 8.22. The predicted molar refractivity (Wildman–Crippen MR) is 120 cm³/mol. The van der Waals surface area contributed by atoms with E-state index in [0.717, 1.165) is 27.7 Å². The maximum absolute atomic E-state index is 12.3. The van der Waals surface area contributed by atoms with Crippen LogP contribution in [0.2, 0.25) is 0 Å². The Morgan fingerprint density at radius 1 is 1.17 bits per heavy atom. The van der Waals surface area contributed by atoms with Gasteiger partial charge in [0.2, 0.25) is 5.91 Å². The topological polar surface area (TPSA) is 46.4 Å². The molecule has 3 rings (SSSR count). The van der Waals surface area contributed by atoms with Crippen LogP contribution in [-0.2, 0) is 23.2 Å². The highest BCUT2D eigenvalue weighted by molar-refractivity contribution is 6.01. The lowest BCUT2D eigenvalue weighted by Gasteiger charge is -2.19. The number of nitrogens with zero attached hydrogens (tertiary/aromatic N) is 2. The predicted octanol–water partition coefficient (Wildman–Crippen LogP) is 4.57. The fourth-order valence-electron chi connectivity index (χ4n) is 3.43. The van der Waals surface area contributed by atoms with Crippen LogP contribution in [0.4, 0.5) is 0 Å². The molecule has 29 heavy (non-hydrogen) atoms. The highest BCUT2D eigenvalue weighted by Gasteiger charge is 2.14. The first-order chi connectivity index (χ1) is 13.8. The van der Waals surface area contributed by atoms with Crippen molar-refractivity contribution in [3.8, 4) is 12.3 Å². The Balaban J connectivity index is 1.71. The molecule has 0 aliphatic carbocycles. The Labute approximate surface area is 172 Å². The Hall–Kier alpha value is -3.32. The molecule has 2 aromatic carbocycles. The van der Waals surface area contributed by atoms with Gasteiger partial charge in [-0.2, -0.15) is 5.10 Å². The second-order valence-corrected chi connectivity index (χ2v) is 8.22. The van der Waals surface area contributed by atoms with Gasteiger partial charge in [0.25, 0.3) is 0 Å². The first kappa shape index (κ1) is 20.4. The molecule has 1 amide bonds. The molecule has 4 nitrogen and oxygen atoms in total. The van der Waals surface area contributed by atoms with Gasteiger partial charge in [-0.3, -0.25) is 4.79 Å². The molecule has 0 spiro atoms. The van der Waals surface area contributed by atoms with Gasteiger partial charge in [0.15, 0.2) is 0 Å². The number of fused-ring (bicyclic) bond motifs is 1. The third kappa shape index (κ3) is 4.57. The summed E-state index contributed by atoms with van der Waals surface area (Å²) < 4.78 is 2.08. The summed E-state index contributed by atoms with van der Waals surface area (Å²) in [5.74, 6) is 2.55. The molecule has 4 heteroatoms. The summed E-state index contributed by atoms with van der Waals surface area (Å²) in [7, 11) is 0. The number of hydrazone groups is 1. The monoisotopic (exact) mass is 385 g/mol. The molecule has 3 aromatic rings. The molecule has 0 fully saturated rings. The zero-order valence-corrected chi connectivity index (χ0v) is 17.5. The van der Waals surface area contributed by atoms with E-state index in [4.69, 9.17) is 6.42 Å². The van der Waals surface area contributed by atoms with Gasteiger partial charge in [-0.1, -0.05) is 69.2 Å². The Morgan fingerprint density at radius 3 is 2.52 bits per heavy atom. The van der Waals surface area contributed by atoms with Crippen molar-refractivity contribution >= 4 is 23.0 Å². The number of para-hydroxylation sites is 1. The molecule has 1 N–H and O–H groups in total. The fourth-order valence-corrected chi connectivity index (χ4v) is 3.43. The van der Waals surface area contributed by atoms with Crippen molar-refractivity contribution in [3.63, 3.8) is 0 Å². The summed E-state index contributed by atoms with van der Waals surface area (Å²) in [5.41, 5.74) is 8.01. The molecule has 1 heterocycles. The Morgan fingerprint density at radius 2 is 1.86 bits per heavy atom. The number of amides is 1.